The maximum absolute atomic E-state index is 12.3. The zero-order valence-electron chi connectivity index (χ0n) is 15.6. The lowest BCUT2D eigenvalue weighted by molar-refractivity contribution is -0.137. The van der Waals surface area contributed by atoms with E-state index in [4.69, 9.17) is 39.8 Å². The van der Waals surface area contributed by atoms with Crippen LogP contribution in [0.15, 0.2) is 60.7 Å². The number of benzene rings is 3. The summed E-state index contributed by atoms with van der Waals surface area (Å²) in [6.45, 7) is 0. The van der Waals surface area contributed by atoms with Crippen molar-refractivity contribution in [1.29, 1.82) is 0 Å². The van der Waals surface area contributed by atoms with Gasteiger partial charge in [-0.1, -0.05) is 41.4 Å². The molecule has 0 bridgehead atoms. The second-order valence-electron chi connectivity index (χ2n) is 6.15. The maximum atomic E-state index is 12.3. The lowest BCUT2D eigenvalue weighted by atomic mass is 9.98. The Balaban J connectivity index is 0.000000245. The number of hydrogen-bond acceptors (Lipinski definition) is 4. The smallest absolute Gasteiger partial charge is 0.416 e. The van der Waals surface area contributed by atoms with Crippen molar-refractivity contribution in [1.82, 2.24) is 0 Å². The highest BCUT2D eigenvalue weighted by molar-refractivity contribution is 6.33. The second-order valence-corrected chi connectivity index (χ2v) is 6.96. The molecule has 5 N–H and O–H groups in total. The number of rotatable bonds is 3. The molecule has 3 rings (SSSR count). The summed E-state index contributed by atoms with van der Waals surface area (Å²) in [5.41, 5.74) is 10.6. The third-order valence-corrected chi connectivity index (χ3v) is 4.67. The summed E-state index contributed by atoms with van der Waals surface area (Å²) in [6, 6.07) is 13.3. The Kier molecular flexibility index (Phi) is 7.54. The van der Waals surface area contributed by atoms with Gasteiger partial charge in [-0.05, 0) is 42.5 Å². The lowest BCUT2D eigenvalue weighted by Gasteiger charge is -2.07. The topological polar surface area (TPSA) is 106 Å². The zero-order chi connectivity index (χ0) is 23.3. The van der Waals surface area contributed by atoms with E-state index in [0.717, 1.165) is 18.2 Å². The summed E-state index contributed by atoms with van der Waals surface area (Å²) in [4.78, 5) is 23.4. The van der Waals surface area contributed by atoms with Crippen LogP contribution in [0.1, 0.15) is 31.8 Å². The molecule has 3 aromatic rings. The van der Waals surface area contributed by atoms with Crippen molar-refractivity contribution < 1.29 is 27.9 Å². The number of anilines is 2. The van der Waals surface area contributed by atoms with E-state index < -0.39 is 23.5 Å². The van der Waals surface area contributed by atoms with E-state index in [2.05, 4.69) is 0 Å². The number of alkyl halides is 3. The van der Waals surface area contributed by atoms with Crippen molar-refractivity contribution in [2.24, 2.45) is 0 Å². The van der Waals surface area contributed by atoms with Crippen molar-refractivity contribution >= 4 is 46.3 Å². The standard InChI is InChI=1S/C14H10ClNO3.C7H5ClF3N/c15-11-6-5-8(7-12(11)16)13(17)9-3-1-2-4-10(9)14(18)19;8-5-2-1-4(3-6(5)12)7(9,10)11/h1-7H,16H2,(H,18,19);1-3H,12H2. The van der Waals surface area contributed by atoms with Gasteiger partial charge in [-0.15, -0.1) is 0 Å². The summed E-state index contributed by atoms with van der Waals surface area (Å²) in [7, 11) is 0. The number of carbonyl (C=O) groups is 2. The molecular weight excluding hydrogens is 456 g/mol. The number of nitrogen functional groups attached to an aromatic ring is 2. The molecule has 0 aliphatic carbocycles. The van der Waals surface area contributed by atoms with Crippen LogP contribution >= 0.6 is 23.2 Å². The van der Waals surface area contributed by atoms with Crippen LogP contribution in [0.2, 0.25) is 10.0 Å². The Labute approximate surface area is 185 Å². The summed E-state index contributed by atoms with van der Waals surface area (Å²) < 4.78 is 36.0. The fourth-order valence-electron chi connectivity index (χ4n) is 2.43. The van der Waals surface area contributed by atoms with Gasteiger partial charge in [0.25, 0.3) is 0 Å². The van der Waals surface area contributed by atoms with Gasteiger partial charge in [-0.3, -0.25) is 4.79 Å². The van der Waals surface area contributed by atoms with Gasteiger partial charge in [0.05, 0.1) is 32.5 Å². The van der Waals surface area contributed by atoms with Crippen LogP contribution in [-0.2, 0) is 6.18 Å². The van der Waals surface area contributed by atoms with Gasteiger partial charge in [0.1, 0.15) is 0 Å². The van der Waals surface area contributed by atoms with Crippen LogP contribution in [0.25, 0.3) is 0 Å². The number of carboxylic acids is 1. The zero-order valence-corrected chi connectivity index (χ0v) is 17.1. The van der Waals surface area contributed by atoms with Gasteiger partial charge >= 0.3 is 12.1 Å². The number of hydrogen-bond donors (Lipinski definition) is 3. The SMILES string of the molecule is Nc1cc(C(=O)c2ccccc2C(=O)O)ccc1Cl.Nc1cc(C(F)(F)F)ccc1Cl. The molecular formula is C21H15Cl2F3N2O3. The predicted octanol–water partition coefficient (Wildman–Crippen LogP) is 5.79. The Morgan fingerprint density at radius 1 is 0.806 bits per heavy atom. The predicted molar refractivity (Wildman–Crippen MR) is 114 cm³/mol. The number of carboxylic acid groups (broad SMARTS) is 1. The van der Waals surface area contributed by atoms with E-state index in [9.17, 15) is 22.8 Å². The highest BCUT2D eigenvalue weighted by Gasteiger charge is 2.30. The number of nitrogens with two attached hydrogens (primary N) is 2. The average Bonchev–Trinajstić information content (AvgIpc) is 2.71. The van der Waals surface area contributed by atoms with Crippen LogP contribution in [-0.4, -0.2) is 16.9 Å². The Morgan fingerprint density at radius 2 is 1.32 bits per heavy atom. The fourth-order valence-corrected chi connectivity index (χ4v) is 2.66. The van der Waals surface area contributed by atoms with Gasteiger partial charge in [-0.25, -0.2) is 4.79 Å². The molecule has 0 radical (unpaired) electrons. The monoisotopic (exact) mass is 470 g/mol. The van der Waals surface area contributed by atoms with Crippen molar-refractivity contribution in [2.75, 3.05) is 11.5 Å². The molecule has 0 aliphatic rings. The summed E-state index contributed by atoms with van der Waals surface area (Å²) >= 11 is 11.2. The molecule has 0 atom stereocenters. The van der Waals surface area contributed by atoms with Crippen molar-refractivity contribution in [3.8, 4) is 0 Å². The first-order valence-electron chi connectivity index (χ1n) is 8.46. The van der Waals surface area contributed by atoms with E-state index in [1.807, 2.05) is 0 Å². The molecule has 0 amide bonds. The molecule has 10 heteroatoms. The van der Waals surface area contributed by atoms with Crippen molar-refractivity contribution in [2.45, 2.75) is 6.18 Å². The summed E-state index contributed by atoms with van der Waals surface area (Å²) in [5, 5.41) is 9.54. The molecule has 0 unspecified atom stereocenters. The van der Waals surface area contributed by atoms with E-state index in [0.29, 0.717) is 10.6 Å². The Bertz CT molecular complexity index is 1140. The number of carbonyl (C=O) groups excluding carboxylic acids is 1. The maximum Gasteiger partial charge on any atom is 0.416 e. The minimum atomic E-state index is -4.36. The average molecular weight is 471 g/mol. The highest BCUT2D eigenvalue weighted by atomic mass is 35.5. The minimum Gasteiger partial charge on any atom is -0.478 e. The van der Waals surface area contributed by atoms with Gasteiger partial charge in [0, 0.05) is 11.1 Å². The fraction of sp³-hybridized carbons (Fsp3) is 0.0476. The number of aromatic carboxylic acids is 1. The van der Waals surface area contributed by atoms with E-state index >= 15 is 0 Å². The molecule has 0 aliphatic heterocycles. The molecule has 0 spiro atoms. The van der Waals surface area contributed by atoms with E-state index in [1.165, 1.54) is 30.3 Å². The first-order valence-corrected chi connectivity index (χ1v) is 9.21. The molecule has 0 fully saturated rings. The molecule has 0 heterocycles. The van der Waals surface area contributed by atoms with Gasteiger partial charge in [-0.2, -0.15) is 13.2 Å². The number of halogens is 5. The lowest BCUT2D eigenvalue weighted by Crippen LogP contribution is -2.09. The van der Waals surface area contributed by atoms with Crippen molar-refractivity contribution in [3.05, 3.63) is 93.0 Å². The number of ketones is 1. The summed E-state index contributed by atoms with van der Waals surface area (Å²) in [5.74, 6) is -1.55. The highest BCUT2D eigenvalue weighted by Crippen LogP contribution is 2.32. The van der Waals surface area contributed by atoms with Crippen LogP contribution in [0, 0.1) is 0 Å². The first kappa shape index (κ1) is 24.0. The van der Waals surface area contributed by atoms with Gasteiger partial charge in [0.2, 0.25) is 0 Å². The van der Waals surface area contributed by atoms with Crippen LogP contribution in [0.3, 0.4) is 0 Å². The van der Waals surface area contributed by atoms with E-state index in [1.54, 1.807) is 12.1 Å². The summed E-state index contributed by atoms with van der Waals surface area (Å²) in [6.07, 6.45) is -4.36. The van der Waals surface area contributed by atoms with Crippen LogP contribution < -0.4 is 11.5 Å². The van der Waals surface area contributed by atoms with E-state index in [-0.39, 0.29) is 27.5 Å². The van der Waals surface area contributed by atoms with Crippen LogP contribution in [0.4, 0.5) is 24.5 Å². The quantitative estimate of drug-likeness (QED) is 0.331. The largest absolute Gasteiger partial charge is 0.478 e. The molecule has 31 heavy (non-hydrogen) atoms. The molecule has 3 aromatic carbocycles. The van der Waals surface area contributed by atoms with Gasteiger partial charge < -0.3 is 16.6 Å². The second kappa shape index (κ2) is 9.72. The normalized spacial score (nSPS) is 10.7. The molecule has 162 valence electrons. The van der Waals surface area contributed by atoms with Crippen molar-refractivity contribution in [3.63, 3.8) is 0 Å². The molecule has 0 saturated heterocycles. The Morgan fingerprint density at radius 3 is 1.81 bits per heavy atom. The van der Waals surface area contributed by atoms with Gasteiger partial charge in [0.15, 0.2) is 5.78 Å². The third kappa shape index (κ3) is 6.13. The minimum absolute atomic E-state index is 0.0407. The Hall–Kier alpha value is -3.23. The molecule has 0 saturated carbocycles. The molecule has 0 aromatic heterocycles. The van der Waals surface area contributed by atoms with Crippen LogP contribution in [0.5, 0.6) is 0 Å². The first-order chi connectivity index (χ1) is 14.4. The third-order valence-electron chi connectivity index (χ3n) is 3.98. The molecule has 5 nitrogen and oxygen atoms in total.